The molecule has 0 heterocycles. The number of rotatable bonds is 9. The van der Waals surface area contributed by atoms with Crippen LogP contribution in [0.25, 0.3) is 0 Å². The van der Waals surface area contributed by atoms with Gasteiger partial charge in [-0.3, -0.25) is 4.79 Å². The second-order valence-electron chi connectivity index (χ2n) is 5.25. The van der Waals surface area contributed by atoms with Gasteiger partial charge in [-0.05, 0) is 25.0 Å². The average Bonchev–Trinajstić information content (AvgIpc) is 2.46. The van der Waals surface area contributed by atoms with Crippen LogP contribution < -0.4 is 16.4 Å². The average molecular weight is 291 g/mol. The Labute approximate surface area is 126 Å². The molecule has 3 amide bonds. The fourth-order valence-corrected chi connectivity index (χ4v) is 1.97. The maximum atomic E-state index is 11.6. The molecule has 5 heteroatoms. The molecule has 1 rings (SSSR count). The van der Waals surface area contributed by atoms with Crippen LogP contribution in [-0.4, -0.2) is 18.5 Å². The van der Waals surface area contributed by atoms with Gasteiger partial charge in [-0.1, -0.05) is 44.4 Å². The molecule has 1 unspecified atom stereocenters. The Morgan fingerprint density at radius 3 is 2.43 bits per heavy atom. The highest BCUT2D eigenvalue weighted by atomic mass is 16.2. The molecular formula is C16H25N3O2. The fraction of sp³-hybridized carbons (Fsp3) is 0.500. The van der Waals surface area contributed by atoms with E-state index in [1.807, 2.05) is 37.3 Å². The number of urea groups is 1. The lowest BCUT2D eigenvalue weighted by Crippen LogP contribution is -2.29. The Morgan fingerprint density at radius 1 is 1.10 bits per heavy atom. The molecule has 5 nitrogen and oxygen atoms in total. The van der Waals surface area contributed by atoms with E-state index in [1.165, 1.54) is 0 Å². The van der Waals surface area contributed by atoms with Crippen molar-refractivity contribution < 1.29 is 9.59 Å². The molecule has 1 aromatic carbocycles. The number of hydrogen-bond donors (Lipinski definition) is 3. The molecule has 0 aliphatic carbocycles. The van der Waals surface area contributed by atoms with Crippen molar-refractivity contribution in [2.45, 2.75) is 39.0 Å². The van der Waals surface area contributed by atoms with E-state index in [2.05, 4.69) is 10.6 Å². The summed E-state index contributed by atoms with van der Waals surface area (Å²) in [5.74, 6) is -0.269. The van der Waals surface area contributed by atoms with Gasteiger partial charge in [0.05, 0.1) is 0 Å². The minimum Gasteiger partial charge on any atom is -0.369 e. The monoisotopic (exact) mass is 291 g/mol. The second-order valence-corrected chi connectivity index (χ2v) is 5.25. The first-order valence-corrected chi connectivity index (χ1v) is 7.49. The van der Waals surface area contributed by atoms with Gasteiger partial charge in [-0.2, -0.15) is 0 Å². The van der Waals surface area contributed by atoms with Crippen molar-refractivity contribution in [2.75, 3.05) is 11.9 Å². The number of primary amides is 1. The van der Waals surface area contributed by atoms with E-state index >= 15 is 0 Å². The molecule has 21 heavy (non-hydrogen) atoms. The molecular weight excluding hydrogens is 266 g/mol. The lowest BCUT2D eigenvalue weighted by Gasteiger charge is -2.08. The summed E-state index contributed by atoms with van der Waals surface area (Å²) in [6.07, 6.45) is 4.88. The molecule has 0 saturated heterocycles. The minimum absolute atomic E-state index is 0.0419. The standard InChI is InChI=1S/C16H25N3O2/c1-13(15(17)20)9-5-2-3-8-12-18-16(21)19-14-10-6-4-7-11-14/h4,6-7,10-11,13H,2-3,5,8-9,12H2,1H3,(H2,17,20)(H2,18,19,21). The SMILES string of the molecule is CC(CCCCCCNC(=O)Nc1ccccc1)C(N)=O. The van der Waals surface area contributed by atoms with E-state index in [-0.39, 0.29) is 17.9 Å². The molecule has 0 saturated carbocycles. The van der Waals surface area contributed by atoms with Crippen LogP contribution in [0.1, 0.15) is 39.0 Å². The number of carbonyl (C=O) groups excluding carboxylic acids is 2. The van der Waals surface area contributed by atoms with Crippen LogP contribution in [0.5, 0.6) is 0 Å². The number of anilines is 1. The van der Waals surface area contributed by atoms with E-state index in [9.17, 15) is 9.59 Å². The summed E-state index contributed by atoms with van der Waals surface area (Å²) in [6.45, 7) is 2.52. The zero-order valence-corrected chi connectivity index (χ0v) is 12.6. The molecule has 0 radical (unpaired) electrons. The predicted octanol–water partition coefficient (Wildman–Crippen LogP) is 2.88. The number of benzene rings is 1. The molecule has 0 aliphatic rings. The number of carbonyl (C=O) groups is 2. The Balaban J connectivity index is 1.99. The van der Waals surface area contributed by atoms with Crippen LogP contribution in [-0.2, 0) is 4.79 Å². The van der Waals surface area contributed by atoms with Crippen molar-refractivity contribution in [3.63, 3.8) is 0 Å². The summed E-state index contributed by atoms with van der Waals surface area (Å²) >= 11 is 0. The van der Waals surface area contributed by atoms with Gasteiger partial charge in [-0.15, -0.1) is 0 Å². The summed E-state index contributed by atoms with van der Waals surface area (Å²) in [6, 6.07) is 9.18. The molecule has 0 bridgehead atoms. The lowest BCUT2D eigenvalue weighted by atomic mass is 10.0. The van der Waals surface area contributed by atoms with Crippen LogP contribution in [0.2, 0.25) is 0 Å². The van der Waals surface area contributed by atoms with Gasteiger partial charge in [0.25, 0.3) is 0 Å². The Kier molecular flexibility index (Phi) is 7.94. The number of hydrogen-bond acceptors (Lipinski definition) is 2. The van der Waals surface area contributed by atoms with E-state index in [1.54, 1.807) is 0 Å². The highest BCUT2D eigenvalue weighted by Gasteiger charge is 2.07. The zero-order chi connectivity index (χ0) is 15.5. The number of nitrogens with one attached hydrogen (secondary N) is 2. The van der Waals surface area contributed by atoms with Gasteiger partial charge >= 0.3 is 6.03 Å². The third-order valence-electron chi connectivity index (χ3n) is 3.37. The molecule has 1 atom stereocenters. The Bertz CT molecular complexity index is 434. The van der Waals surface area contributed by atoms with Gasteiger partial charge in [0.1, 0.15) is 0 Å². The summed E-state index contributed by atoms with van der Waals surface area (Å²) in [7, 11) is 0. The normalized spacial score (nSPS) is 11.7. The quantitative estimate of drug-likeness (QED) is 0.611. The van der Waals surface area contributed by atoms with Gasteiger partial charge < -0.3 is 16.4 Å². The largest absolute Gasteiger partial charge is 0.369 e. The summed E-state index contributed by atoms with van der Waals surface area (Å²) in [5, 5.41) is 5.59. The van der Waals surface area contributed by atoms with Gasteiger partial charge in [0.15, 0.2) is 0 Å². The van der Waals surface area contributed by atoms with E-state index in [4.69, 9.17) is 5.73 Å². The number of unbranched alkanes of at least 4 members (excludes halogenated alkanes) is 3. The van der Waals surface area contributed by atoms with Crippen molar-refractivity contribution in [1.82, 2.24) is 5.32 Å². The maximum absolute atomic E-state index is 11.6. The maximum Gasteiger partial charge on any atom is 0.319 e. The molecule has 0 aromatic heterocycles. The van der Waals surface area contributed by atoms with Crippen LogP contribution in [0, 0.1) is 5.92 Å². The molecule has 0 fully saturated rings. The molecule has 0 aliphatic heterocycles. The van der Waals surface area contributed by atoms with E-state index in [0.717, 1.165) is 37.8 Å². The molecule has 116 valence electrons. The van der Waals surface area contributed by atoms with Crippen molar-refractivity contribution in [2.24, 2.45) is 11.7 Å². The fourth-order valence-electron chi connectivity index (χ4n) is 1.97. The zero-order valence-electron chi connectivity index (χ0n) is 12.6. The third kappa shape index (κ3) is 7.97. The first-order chi connectivity index (χ1) is 10.1. The van der Waals surface area contributed by atoms with Crippen molar-refractivity contribution in [3.05, 3.63) is 30.3 Å². The third-order valence-corrected chi connectivity index (χ3v) is 3.37. The Hall–Kier alpha value is -2.04. The van der Waals surface area contributed by atoms with Gasteiger partial charge in [-0.25, -0.2) is 4.79 Å². The van der Waals surface area contributed by atoms with Crippen molar-refractivity contribution in [3.8, 4) is 0 Å². The molecule has 4 N–H and O–H groups in total. The second kappa shape index (κ2) is 9.80. The summed E-state index contributed by atoms with van der Waals surface area (Å²) in [5.41, 5.74) is 5.99. The first-order valence-electron chi connectivity index (χ1n) is 7.49. The van der Waals surface area contributed by atoms with Gasteiger partial charge in [0, 0.05) is 18.2 Å². The van der Waals surface area contributed by atoms with Crippen LogP contribution in [0.15, 0.2) is 30.3 Å². The highest BCUT2D eigenvalue weighted by Crippen LogP contribution is 2.09. The number of amides is 3. The van der Waals surface area contributed by atoms with E-state index < -0.39 is 0 Å². The van der Waals surface area contributed by atoms with Crippen LogP contribution in [0.4, 0.5) is 10.5 Å². The summed E-state index contributed by atoms with van der Waals surface area (Å²) in [4.78, 5) is 22.5. The first kappa shape index (κ1) is 17.0. The summed E-state index contributed by atoms with van der Waals surface area (Å²) < 4.78 is 0. The highest BCUT2D eigenvalue weighted by molar-refractivity contribution is 5.89. The minimum atomic E-state index is -0.228. The number of nitrogens with two attached hydrogens (primary N) is 1. The number of para-hydroxylation sites is 1. The van der Waals surface area contributed by atoms with Crippen LogP contribution in [0.3, 0.4) is 0 Å². The topological polar surface area (TPSA) is 84.2 Å². The van der Waals surface area contributed by atoms with Gasteiger partial charge in [0.2, 0.25) is 5.91 Å². The lowest BCUT2D eigenvalue weighted by molar-refractivity contribution is -0.121. The van der Waals surface area contributed by atoms with Crippen molar-refractivity contribution >= 4 is 17.6 Å². The van der Waals surface area contributed by atoms with E-state index in [0.29, 0.717) is 6.54 Å². The molecule has 0 spiro atoms. The Morgan fingerprint density at radius 2 is 1.76 bits per heavy atom. The van der Waals surface area contributed by atoms with Crippen molar-refractivity contribution in [1.29, 1.82) is 0 Å². The smallest absolute Gasteiger partial charge is 0.319 e. The van der Waals surface area contributed by atoms with Crippen LogP contribution >= 0.6 is 0 Å². The predicted molar refractivity (Wildman–Crippen MR) is 84.9 cm³/mol. The molecule has 1 aromatic rings.